The molecule has 22 heavy (non-hydrogen) atoms. The third-order valence-corrected chi connectivity index (χ3v) is 4.06. The number of phenols is 1. The molecule has 0 radical (unpaired) electrons. The SMILES string of the molecule is CN(CC(=O)c1cccc(O)c1)C(C)(C)Cc1ccccc1. The summed E-state index contributed by atoms with van der Waals surface area (Å²) in [7, 11) is 1.96. The fourth-order valence-electron chi connectivity index (χ4n) is 2.43. The Hall–Kier alpha value is -2.13. The topological polar surface area (TPSA) is 40.5 Å². The van der Waals surface area contributed by atoms with Crippen LogP contribution in [0, 0.1) is 0 Å². The molecule has 0 heterocycles. The normalized spacial score (nSPS) is 11.6. The zero-order chi connectivity index (χ0) is 16.2. The first kappa shape index (κ1) is 16.2. The van der Waals surface area contributed by atoms with Gasteiger partial charge in [-0.15, -0.1) is 0 Å². The van der Waals surface area contributed by atoms with Gasteiger partial charge in [0.1, 0.15) is 5.75 Å². The monoisotopic (exact) mass is 297 g/mol. The first-order valence-corrected chi connectivity index (χ1v) is 7.46. The number of aromatic hydroxyl groups is 1. The smallest absolute Gasteiger partial charge is 0.176 e. The molecule has 0 spiro atoms. The van der Waals surface area contributed by atoms with E-state index in [2.05, 4.69) is 30.9 Å². The molecule has 2 aromatic rings. The molecule has 2 aromatic carbocycles. The molecule has 0 bridgehead atoms. The second kappa shape index (κ2) is 6.75. The zero-order valence-electron chi connectivity index (χ0n) is 13.4. The predicted octanol–water partition coefficient (Wildman–Crippen LogP) is 3.53. The number of nitrogens with zero attached hydrogens (tertiary/aromatic N) is 1. The van der Waals surface area contributed by atoms with Crippen molar-refractivity contribution in [3.05, 3.63) is 65.7 Å². The summed E-state index contributed by atoms with van der Waals surface area (Å²) in [6.07, 6.45) is 0.873. The fourth-order valence-corrected chi connectivity index (χ4v) is 2.43. The summed E-state index contributed by atoms with van der Waals surface area (Å²) in [6.45, 7) is 4.59. The summed E-state index contributed by atoms with van der Waals surface area (Å²) in [5.74, 6) is 0.136. The number of likely N-dealkylation sites (N-methyl/N-ethyl adjacent to an activating group) is 1. The van der Waals surface area contributed by atoms with Crippen molar-refractivity contribution in [1.29, 1.82) is 0 Å². The van der Waals surface area contributed by atoms with Crippen LogP contribution in [0.4, 0.5) is 0 Å². The standard InChI is InChI=1S/C19H23NO2/c1-19(2,13-15-8-5-4-6-9-15)20(3)14-18(22)16-10-7-11-17(21)12-16/h4-12,21H,13-14H2,1-3H3. The van der Waals surface area contributed by atoms with Gasteiger partial charge in [0, 0.05) is 11.1 Å². The number of hydrogen-bond acceptors (Lipinski definition) is 3. The molecule has 2 rings (SSSR count). The van der Waals surface area contributed by atoms with Gasteiger partial charge in [0.25, 0.3) is 0 Å². The highest BCUT2D eigenvalue weighted by Crippen LogP contribution is 2.20. The highest BCUT2D eigenvalue weighted by Gasteiger charge is 2.25. The van der Waals surface area contributed by atoms with E-state index in [4.69, 9.17) is 0 Å². The van der Waals surface area contributed by atoms with Crippen molar-refractivity contribution >= 4 is 5.78 Å². The summed E-state index contributed by atoms with van der Waals surface area (Å²) >= 11 is 0. The van der Waals surface area contributed by atoms with E-state index in [1.54, 1.807) is 18.2 Å². The number of ketones is 1. The van der Waals surface area contributed by atoms with Gasteiger partial charge < -0.3 is 5.11 Å². The van der Waals surface area contributed by atoms with E-state index >= 15 is 0 Å². The molecular weight excluding hydrogens is 274 g/mol. The molecule has 0 amide bonds. The molecule has 3 heteroatoms. The summed E-state index contributed by atoms with van der Waals surface area (Å²) in [6, 6.07) is 16.8. The van der Waals surface area contributed by atoms with Crippen molar-refractivity contribution in [2.45, 2.75) is 25.8 Å². The van der Waals surface area contributed by atoms with Gasteiger partial charge in [0.15, 0.2) is 5.78 Å². The molecule has 0 aliphatic carbocycles. The second-order valence-corrected chi connectivity index (χ2v) is 6.30. The van der Waals surface area contributed by atoms with Gasteiger partial charge in [0.05, 0.1) is 6.54 Å². The molecule has 0 aromatic heterocycles. The number of phenolic OH excluding ortho intramolecular Hbond substituents is 1. The Kier molecular flexibility index (Phi) is 4.99. The second-order valence-electron chi connectivity index (χ2n) is 6.30. The number of carbonyl (C=O) groups is 1. The summed E-state index contributed by atoms with van der Waals surface area (Å²) in [5, 5.41) is 9.48. The van der Waals surface area contributed by atoms with E-state index in [1.807, 2.05) is 25.2 Å². The Morgan fingerprint density at radius 2 is 1.77 bits per heavy atom. The van der Waals surface area contributed by atoms with E-state index in [9.17, 15) is 9.90 Å². The average Bonchev–Trinajstić information content (AvgIpc) is 2.47. The average molecular weight is 297 g/mol. The van der Waals surface area contributed by atoms with Crippen LogP contribution in [0.3, 0.4) is 0 Å². The lowest BCUT2D eigenvalue weighted by Crippen LogP contribution is -2.45. The zero-order valence-corrected chi connectivity index (χ0v) is 13.4. The summed E-state index contributed by atoms with van der Waals surface area (Å²) < 4.78 is 0. The van der Waals surface area contributed by atoms with Crippen molar-refractivity contribution in [3.63, 3.8) is 0 Å². The van der Waals surface area contributed by atoms with Gasteiger partial charge in [-0.05, 0) is 45.0 Å². The Bertz CT molecular complexity index is 635. The van der Waals surface area contributed by atoms with Crippen LogP contribution in [0.5, 0.6) is 5.75 Å². The van der Waals surface area contributed by atoms with Crippen LogP contribution in [-0.4, -0.2) is 34.9 Å². The highest BCUT2D eigenvalue weighted by molar-refractivity contribution is 5.97. The van der Waals surface area contributed by atoms with Crippen LogP contribution in [0.1, 0.15) is 29.8 Å². The number of carbonyl (C=O) groups excluding carboxylic acids is 1. The Labute approximate surface area is 132 Å². The van der Waals surface area contributed by atoms with Crippen molar-refractivity contribution in [2.75, 3.05) is 13.6 Å². The largest absolute Gasteiger partial charge is 0.508 e. The molecule has 0 saturated heterocycles. The van der Waals surface area contributed by atoms with E-state index in [1.165, 1.54) is 11.6 Å². The van der Waals surface area contributed by atoms with Crippen molar-refractivity contribution in [1.82, 2.24) is 4.90 Å². The first-order valence-electron chi connectivity index (χ1n) is 7.46. The maximum absolute atomic E-state index is 12.4. The Morgan fingerprint density at radius 1 is 1.09 bits per heavy atom. The van der Waals surface area contributed by atoms with Gasteiger partial charge in [0.2, 0.25) is 0 Å². The quantitative estimate of drug-likeness (QED) is 0.829. The Balaban J connectivity index is 2.04. The third-order valence-electron chi connectivity index (χ3n) is 4.06. The predicted molar refractivity (Wildman–Crippen MR) is 89.3 cm³/mol. The summed E-state index contributed by atoms with van der Waals surface area (Å²) in [5.41, 5.74) is 1.67. The van der Waals surface area contributed by atoms with Crippen LogP contribution in [0.25, 0.3) is 0 Å². The molecule has 0 aliphatic heterocycles. The van der Waals surface area contributed by atoms with E-state index in [-0.39, 0.29) is 17.1 Å². The van der Waals surface area contributed by atoms with Crippen molar-refractivity contribution in [3.8, 4) is 5.75 Å². The minimum Gasteiger partial charge on any atom is -0.508 e. The van der Waals surface area contributed by atoms with Gasteiger partial charge in [-0.1, -0.05) is 42.5 Å². The number of Topliss-reactive ketones (excluding diaryl/α,β-unsaturated/α-hetero) is 1. The molecule has 1 N–H and O–H groups in total. The summed E-state index contributed by atoms with van der Waals surface area (Å²) in [4.78, 5) is 14.4. The van der Waals surface area contributed by atoms with E-state index < -0.39 is 0 Å². The number of rotatable bonds is 6. The highest BCUT2D eigenvalue weighted by atomic mass is 16.3. The van der Waals surface area contributed by atoms with Crippen LogP contribution in [-0.2, 0) is 6.42 Å². The van der Waals surface area contributed by atoms with Crippen LogP contribution < -0.4 is 0 Å². The third kappa shape index (κ3) is 4.18. The van der Waals surface area contributed by atoms with Crippen LogP contribution in [0.15, 0.2) is 54.6 Å². The maximum atomic E-state index is 12.4. The minimum atomic E-state index is -0.131. The molecule has 0 atom stereocenters. The minimum absolute atomic E-state index is 0.0135. The van der Waals surface area contributed by atoms with Gasteiger partial charge in [-0.25, -0.2) is 0 Å². The van der Waals surface area contributed by atoms with Crippen molar-refractivity contribution in [2.24, 2.45) is 0 Å². The molecular formula is C19H23NO2. The van der Waals surface area contributed by atoms with Crippen LogP contribution in [0.2, 0.25) is 0 Å². The molecule has 0 saturated carbocycles. The lowest BCUT2D eigenvalue weighted by atomic mass is 9.93. The Morgan fingerprint density at radius 3 is 2.41 bits per heavy atom. The van der Waals surface area contributed by atoms with Gasteiger partial charge in [-0.2, -0.15) is 0 Å². The van der Waals surface area contributed by atoms with Crippen molar-refractivity contribution < 1.29 is 9.90 Å². The first-order chi connectivity index (χ1) is 10.4. The number of benzene rings is 2. The van der Waals surface area contributed by atoms with Gasteiger partial charge in [-0.3, -0.25) is 9.69 Å². The van der Waals surface area contributed by atoms with E-state index in [0.29, 0.717) is 12.1 Å². The number of hydrogen-bond donors (Lipinski definition) is 1. The molecule has 0 fully saturated rings. The van der Waals surface area contributed by atoms with Gasteiger partial charge >= 0.3 is 0 Å². The molecule has 3 nitrogen and oxygen atoms in total. The maximum Gasteiger partial charge on any atom is 0.176 e. The molecule has 116 valence electrons. The molecule has 0 unspecified atom stereocenters. The lowest BCUT2D eigenvalue weighted by molar-refractivity contribution is 0.0852. The van der Waals surface area contributed by atoms with E-state index in [0.717, 1.165) is 6.42 Å². The fraction of sp³-hybridized carbons (Fsp3) is 0.316. The lowest BCUT2D eigenvalue weighted by Gasteiger charge is -2.35. The molecule has 0 aliphatic rings. The van der Waals surface area contributed by atoms with Crippen LogP contribution >= 0.6 is 0 Å².